The fraction of sp³-hybridized carbons (Fsp3) is 0.179. The quantitative estimate of drug-likeness (QED) is 0.255. The van der Waals surface area contributed by atoms with Gasteiger partial charge in [-0.3, -0.25) is 9.59 Å². The van der Waals surface area contributed by atoms with Gasteiger partial charge in [-0.1, -0.05) is 60.2 Å². The number of allylic oxidation sites excluding steroid dienone is 3. The molecule has 0 aliphatic heterocycles. The van der Waals surface area contributed by atoms with Crippen LogP contribution in [-0.4, -0.2) is 27.4 Å². The number of aromatic nitrogens is 3. The van der Waals surface area contributed by atoms with Gasteiger partial charge in [0.15, 0.2) is 0 Å². The van der Waals surface area contributed by atoms with Gasteiger partial charge in [-0.15, -0.1) is 0 Å². The molecule has 2 aromatic heterocycles. The van der Waals surface area contributed by atoms with E-state index >= 15 is 0 Å². The lowest BCUT2D eigenvalue weighted by atomic mass is 10.1. The molecular formula is C28H29N5O2. The van der Waals surface area contributed by atoms with Gasteiger partial charge in [0.25, 0.3) is 11.5 Å². The molecule has 7 heteroatoms. The first-order valence-electron chi connectivity index (χ1n) is 11.7. The maximum absolute atomic E-state index is 12.9. The summed E-state index contributed by atoms with van der Waals surface area (Å²) < 4.78 is 0. The van der Waals surface area contributed by atoms with Crippen molar-refractivity contribution in [1.82, 2.24) is 20.3 Å². The van der Waals surface area contributed by atoms with Crippen molar-refractivity contribution >= 4 is 22.6 Å². The van der Waals surface area contributed by atoms with E-state index < -0.39 is 0 Å². The zero-order chi connectivity index (χ0) is 24.6. The maximum Gasteiger partial charge on any atom is 0.261 e. The van der Waals surface area contributed by atoms with Crippen molar-refractivity contribution in [2.45, 2.75) is 26.8 Å². The van der Waals surface area contributed by atoms with Crippen molar-refractivity contribution < 1.29 is 4.79 Å². The molecule has 2 aromatic carbocycles. The minimum Gasteiger partial charge on any atom is -0.384 e. The number of H-pyrrole nitrogens is 2. The van der Waals surface area contributed by atoms with Crippen molar-refractivity contribution in [3.05, 3.63) is 106 Å². The van der Waals surface area contributed by atoms with Gasteiger partial charge in [-0.2, -0.15) is 0 Å². The third-order valence-electron chi connectivity index (χ3n) is 5.73. The van der Waals surface area contributed by atoms with Crippen LogP contribution in [-0.2, 0) is 6.54 Å². The number of carbonyl (C=O) groups is 1. The Bertz CT molecular complexity index is 1430. The molecule has 0 unspecified atom stereocenters. The second kappa shape index (κ2) is 11.2. The number of aromatic amines is 2. The predicted molar refractivity (Wildman–Crippen MR) is 141 cm³/mol. The molecule has 4 rings (SSSR count). The van der Waals surface area contributed by atoms with Gasteiger partial charge in [0.05, 0.1) is 16.8 Å². The summed E-state index contributed by atoms with van der Waals surface area (Å²) in [6, 6.07) is 16.9. The summed E-state index contributed by atoms with van der Waals surface area (Å²) >= 11 is 0. The van der Waals surface area contributed by atoms with Crippen molar-refractivity contribution in [2.75, 3.05) is 11.9 Å². The average molecular weight is 468 g/mol. The Labute approximate surface area is 204 Å². The Morgan fingerprint density at radius 3 is 2.66 bits per heavy atom. The number of benzene rings is 2. The zero-order valence-electron chi connectivity index (χ0n) is 19.9. The number of hydrogen-bond donors (Lipinski definition) is 4. The first-order valence-corrected chi connectivity index (χ1v) is 11.7. The fourth-order valence-electron chi connectivity index (χ4n) is 3.95. The van der Waals surface area contributed by atoms with E-state index in [0.29, 0.717) is 46.8 Å². The molecular weight excluding hydrogens is 438 g/mol. The third kappa shape index (κ3) is 5.58. The molecule has 35 heavy (non-hydrogen) atoms. The summed E-state index contributed by atoms with van der Waals surface area (Å²) in [6.07, 6.45) is 8.59. The lowest BCUT2D eigenvalue weighted by Gasteiger charge is -2.10. The first-order chi connectivity index (χ1) is 17.1. The topological polar surface area (TPSA) is 103 Å². The van der Waals surface area contributed by atoms with Crippen LogP contribution in [0.3, 0.4) is 0 Å². The third-order valence-corrected chi connectivity index (χ3v) is 5.73. The van der Waals surface area contributed by atoms with Crippen molar-refractivity contribution in [2.24, 2.45) is 0 Å². The fourth-order valence-corrected chi connectivity index (χ4v) is 3.95. The van der Waals surface area contributed by atoms with Crippen LogP contribution >= 0.6 is 0 Å². The number of pyridine rings is 1. The van der Waals surface area contributed by atoms with E-state index in [9.17, 15) is 9.59 Å². The molecule has 0 aliphatic carbocycles. The lowest BCUT2D eigenvalue weighted by Crippen LogP contribution is -2.23. The highest BCUT2D eigenvalue weighted by Gasteiger charge is 2.18. The Kier molecular flexibility index (Phi) is 7.57. The molecule has 0 saturated carbocycles. The normalized spacial score (nSPS) is 11.8. The number of rotatable bonds is 9. The highest BCUT2D eigenvalue weighted by molar-refractivity contribution is 6.05. The second-order valence-electron chi connectivity index (χ2n) is 8.09. The number of fused-ring (bicyclic) bond motifs is 1. The summed E-state index contributed by atoms with van der Waals surface area (Å²) in [5, 5.41) is 6.31. The smallest absolute Gasteiger partial charge is 0.261 e. The summed E-state index contributed by atoms with van der Waals surface area (Å²) in [6.45, 7) is 5.08. The maximum atomic E-state index is 12.9. The van der Waals surface area contributed by atoms with E-state index in [2.05, 4.69) is 37.7 Å². The number of nitrogens with zero attached hydrogens (tertiary/aromatic N) is 1. The van der Waals surface area contributed by atoms with Crippen LogP contribution < -0.4 is 16.2 Å². The van der Waals surface area contributed by atoms with Crippen LogP contribution in [0, 0.1) is 0 Å². The molecule has 0 aliphatic rings. The number of carbonyl (C=O) groups excluding carboxylic acids is 1. The second-order valence-corrected chi connectivity index (χ2v) is 8.09. The van der Waals surface area contributed by atoms with E-state index in [1.807, 2.05) is 62.4 Å². The summed E-state index contributed by atoms with van der Waals surface area (Å²) in [5.74, 6) is 0.188. The monoisotopic (exact) mass is 467 g/mol. The van der Waals surface area contributed by atoms with Crippen molar-refractivity contribution in [3.63, 3.8) is 0 Å². The predicted octanol–water partition coefficient (Wildman–Crippen LogP) is 5.17. The van der Waals surface area contributed by atoms with Crippen LogP contribution in [0.15, 0.2) is 89.4 Å². The Hall–Kier alpha value is -4.39. The van der Waals surface area contributed by atoms with E-state index in [-0.39, 0.29) is 11.5 Å². The van der Waals surface area contributed by atoms with Gasteiger partial charge in [0, 0.05) is 19.3 Å². The molecule has 0 fully saturated rings. The largest absolute Gasteiger partial charge is 0.384 e. The van der Waals surface area contributed by atoms with Gasteiger partial charge in [-0.05, 0) is 44.0 Å². The van der Waals surface area contributed by atoms with Gasteiger partial charge in [-0.25, -0.2) is 4.98 Å². The van der Waals surface area contributed by atoms with Gasteiger partial charge in [0.2, 0.25) is 0 Å². The standard InChI is InChI=1S/C28H29N5O2/c1-3-9-19(4-2)14-16-29-22-15-17-30-28(35)24(22)26-32-23-13-8-12-21(25(23)33-26)27(34)31-18-20-10-6-5-7-11-20/h3-13,15,17H,14,16,18H2,1-2H3,(H,31,34)(H,32,33)(H2,29,30,35). The van der Waals surface area contributed by atoms with Crippen LogP contribution in [0.4, 0.5) is 5.69 Å². The molecule has 178 valence electrons. The molecule has 0 spiro atoms. The Morgan fingerprint density at radius 1 is 1.06 bits per heavy atom. The molecule has 7 nitrogen and oxygen atoms in total. The van der Waals surface area contributed by atoms with Crippen LogP contribution in [0.1, 0.15) is 36.2 Å². The lowest BCUT2D eigenvalue weighted by molar-refractivity contribution is 0.0952. The highest BCUT2D eigenvalue weighted by atomic mass is 16.1. The number of anilines is 1. The molecule has 0 bridgehead atoms. The van der Waals surface area contributed by atoms with E-state index in [0.717, 1.165) is 12.0 Å². The number of hydrogen-bond acceptors (Lipinski definition) is 4. The number of imidazole rings is 1. The summed E-state index contributed by atoms with van der Waals surface area (Å²) in [5.41, 5.74) is 4.71. The Morgan fingerprint density at radius 2 is 1.89 bits per heavy atom. The van der Waals surface area contributed by atoms with Crippen molar-refractivity contribution in [3.8, 4) is 11.4 Å². The molecule has 0 saturated heterocycles. The molecule has 2 heterocycles. The summed E-state index contributed by atoms with van der Waals surface area (Å²) in [4.78, 5) is 36.4. The number of amides is 1. The van der Waals surface area contributed by atoms with Crippen LogP contribution in [0.2, 0.25) is 0 Å². The van der Waals surface area contributed by atoms with E-state index in [1.54, 1.807) is 18.3 Å². The van der Waals surface area contributed by atoms with Crippen molar-refractivity contribution in [1.29, 1.82) is 0 Å². The van der Waals surface area contributed by atoms with Gasteiger partial charge >= 0.3 is 0 Å². The van der Waals surface area contributed by atoms with Crippen LogP contribution in [0.5, 0.6) is 0 Å². The molecule has 1 amide bonds. The van der Waals surface area contributed by atoms with Crippen LogP contribution in [0.25, 0.3) is 22.4 Å². The molecule has 0 atom stereocenters. The Balaban J connectivity index is 1.60. The molecule has 4 N–H and O–H groups in total. The first kappa shape index (κ1) is 23.8. The highest BCUT2D eigenvalue weighted by Crippen LogP contribution is 2.26. The number of para-hydroxylation sites is 1. The zero-order valence-corrected chi connectivity index (χ0v) is 19.9. The average Bonchev–Trinajstić information content (AvgIpc) is 3.31. The minimum absolute atomic E-state index is 0.222. The minimum atomic E-state index is -0.260. The summed E-state index contributed by atoms with van der Waals surface area (Å²) in [7, 11) is 0. The van der Waals surface area contributed by atoms with Gasteiger partial charge in [0.1, 0.15) is 16.9 Å². The molecule has 4 aromatic rings. The number of nitrogens with one attached hydrogen (secondary N) is 4. The van der Waals surface area contributed by atoms with Gasteiger partial charge < -0.3 is 20.6 Å². The van der Waals surface area contributed by atoms with E-state index in [1.165, 1.54) is 5.57 Å². The molecule has 0 radical (unpaired) electrons. The SMILES string of the molecule is CC=CC(=CC)CCNc1cc[nH]c(=O)c1-c1nc2c(C(=O)NCc3ccccc3)cccc2[nH]1. The van der Waals surface area contributed by atoms with E-state index in [4.69, 9.17) is 0 Å².